The van der Waals surface area contributed by atoms with Gasteiger partial charge in [0.1, 0.15) is 16.5 Å². The lowest BCUT2D eigenvalue weighted by Gasteiger charge is -2.30. The summed E-state index contributed by atoms with van der Waals surface area (Å²) in [6.07, 6.45) is 3.02. The third-order valence-corrected chi connectivity index (χ3v) is 7.07. The molecule has 1 aliphatic heterocycles. The van der Waals surface area contributed by atoms with E-state index in [0.29, 0.717) is 17.1 Å². The summed E-state index contributed by atoms with van der Waals surface area (Å²) >= 11 is 0. The van der Waals surface area contributed by atoms with Gasteiger partial charge < -0.3 is 15.0 Å². The number of anilines is 3. The molecule has 0 spiro atoms. The number of sulfonamides is 1. The Hall–Kier alpha value is -3.59. The molecule has 0 atom stereocenters. The second-order valence-corrected chi connectivity index (χ2v) is 9.62. The highest BCUT2D eigenvalue weighted by Gasteiger charge is 2.25. The number of para-hydroxylation sites is 2. The summed E-state index contributed by atoms with van der Waals surface area (Å²) in [4.78, 5) is 14.7. The van der Waals surface area contributed by atoms with E-state index < -0.39 is 21.7 Å². The molecule has 0 aliphatic carbocycles. The normalized spacial score (nSPS) is 13.9. The average molecular weight is 484 g/mol. The minimum atomic E-state index is -4.05. The maximum Gasteiger partial charge on any atom is 0.264 e. The number of methoxy groups -OCH3 is 1. The molecule has 178 valence electrons. The summed E-state index contributed by atoms with van der Waals surface area (Å²) in [6, 6.07) is 17.1. The van der Waals surface area contributed by atoms with E-state index >= 15 is 0 Å². The van der Waals surface area contributed by atoms with Gasteiger partial charge in [0, 0.05) is 18.8 Å². The van der Waals surface area contributed by atoms with E-state index in [0.717, 1.165) is 32.4 Å². The number of piperidine rings is 1. The number of carbonyl (C=O) groups is 1. The topological polar surface area (TPSA) is 87.7 Å². The maximum absolute atomic E-state index is 14.0. The van der Waals surface area contributed by atoms with Crippen LogP contribution in [0.15, 0.2) is 71.6 Å². The lowest BCUT2D eigenvalue weighted by atomic mass is 10.1. The van der Waals surface area contributed by atoms with Crippen LogP contribution in [0.5, 0.6) is 5.75 Å². The van der Waals surface area contributed by atoms with E-state index in [4.69, 9.17) is 4.74 Å². The number of halogens is 1. The molecule has 3 aromatic carbocycles. The molecule has 1 saturated heterocycles. The molecule has 34 heavy (non-hydrogen) atoms. The maximum atomic E-state index is 14.0. The van der Waals surface area contributed by atoms with Crippen molar-refractivity contribution in [1.82, 2.24) is 0 Å². The van der Waals surface area contributed by atoms with Crippen molar-refractivity contribution < 1.29 is 22.3 Å². The Morgan fingerprint density at radius 3 is 2.41 bits per heavy atom. The number of nitrogens with zero attached hydrogens (tertiary/aromatic N) is 1. The van der Waals surface area contributed by atoms with E-state index in [1.807, 2.05) is 4.90 Å². The number of ether oxygens (including phenoxy) is 1. The van der Waals surface area contributed by atoms with Crippen LogP contribution in [-0.2, 0) is 10.0 Å². The molecule has 1 amide bonds. The minimum Gasteiger partial charge on any atom is -0.495 e. The summed E-state index contributed by atoms with van der Waals surface area (Å²) in [7, 11) is -2.59. The highest BCUT2D eigenvalue weighted by Crippen LogP contribution is 2.34. The Morgan fingerprint density at radius 1 is 0.971 bits per heavy atom. The molecule has 3 aromatic rings. The van der Waals surface area contributed by atoms with E-state index in [-0.39, 0.29) is 16.1 Å². The molecule has 0 unspecified atom stereocenters. The van der Waals surface area contributed by atoms with Gasteiger partial charge in [0.2, 0.25) is 0 Å². The quantitative estimate of drug-likeness (QED) is 0.500. The SMILES string of the molecule is COc1ccccc1NS(=O)(=O)c1cc(NC(=O)c2ccccc2F)ccc1N1CCCCC1. The Balaban J connectivity index is 1.71. The summed E-state index contributed by atoms with van der Waals surface area (Å²) < 4.78 is 49.0. The first-order valence-corrected chi connectivity index (χ1v) is 12.5. The fraction of sp³-hybridized carbons (Fsp3) is 0.240. The molecule has 0 bridgehead atoms. The molecule has 7 nitrogen and oxygen atoms in total. The van der Waals surface area contributed by atoms with Crippen molar-refractivity contribution in [2.45, 2.75) is 24.2 Å². The zero-order chi connectivity index (χ0) is 24.1. The van der Waals surface area contributed by atoms with Gasteiger partial charge in [-0.1, -0.05) is 24.3 Å². The zero-order valence-corrected chi connectivity index (χ0v) is 19.6. The van der Waals surface area contributed by atoms with Crippen molar-refractivity contribution >= 4 is 33.0 Å². The monoisotopic (exact) mass is 483 g/mol. The summed E-state index contributed by atoms with van der Waals surface area (Å²) in [5.41, 5.74) is 0.968. The van der Waals surface area contributed by atoms with Gasteiger partial charge in [0.15, 0.2) is 0 Å². The van der Waals surface area contributed by atoms with Crippen molar-refractivity contribution in [3.63, 3.8) is 0 Å². The zero-order valence-electron chi connectivity index (χ0n) is 18.8. The first-order valence-electron chi connectivity index (χ1n) is 11.0. The van der Waals surface area contributed by atoms with Gasteiger partial charge in [0.25, 0.3) is 15.9 Å². The van der Waals surface area contributed by atoms with Crippen molar-refractivity contribution in [2.24, 2.45) is 0 Å². The second-order valence-electron chi connectivity index (χ2n) is 7.97. The number of hydrogen-bond donors (Lipinski definition) is 2. The lowest BCUT2D eigenvalue weighted by molar-refractivity contribution is 0.102. The molecule has 0 radical (unpaired) electrons. The first kappa shape index (κ1) is 23.6. The number of carbonyl (C=O) groups excluding carboxylic acids is 1. The molecule has 9 heteroatoms. The Bertz CT molecular complexity index is 1290. The minimum absolute atomic E-state index is 0.0200. The lowest BCUT2D eigenvalue weighted by Crippen LogP contribution is -2.31. The van der Waals surface area contributed by atoms with E-state index in [2.05, 4.69) is 10.0 Å². The van der Waals surface area contributed by atoms with Gasteiger partial charge in [-0.2, -0.15) is 0 Å². The molecule has 1 aliphatic rings. The highest BCUT2D eigenvalue weighted by atomic mass is 32.2. The van der Waals surface area contributed by atoms with Crippen molar-refractivity contribution in [1.29, 1.82) is 0 Å². The summed E-state index contributed by atoms with van der Waals surface area (Å²) in [5.74, 6) is -0.935. The van der Waals surface area contributed by atoms with E-state index in [1.165, 1.54) is 31.4 Å². The van der Waals surface area contributed by atoms with Gasteiger partial charge in [0.05, 0.1) is 24.0 Å². The van der Waals surface area contributed by atoms with Gasteiger partial charge in [-0.25, -0.2) is 12.8 Å². The van der Waals surface area contributed by atoms with Crippen LogP contribution in [0.4, 0.5) is 21.5 Å². The largest absolute Gasteiger partial charge is 0.495 e. The van der Waals surface area contributed by atoms with Crippen LogP contribution in [0.25, 0.3) is 0 Å². The van der Waals surface area contributed by atoms with Crippen LogP contribution in [-0.4, -0.2) is 34.5 Å². The average Bonchev–Trinajstić information content (AvgIpc) is 2.85. The third kappa shape index (κ3) is 5.14. The number of hydrogen-bond acceptors (Lipinski definition) is 5. The molecule has 0 saturated carbocycles. The van der Waals surface area contributed by atoms with Crippen molar-refractivity contribution in [3.8, 4) is 5.75 Å². The second kappa shape index (κ2) is 10.1. The summed E-state index contributed by atoms with van der Waals surface area (Å²) in [5, 5.41) is 2.61. The molecular weight excluding hydrogens is 457 g/mol. The van der Waals surface area contributed by atoms with Gasteiger partial charge in [-0.15, -0.1) is 0 Å². The van der Waals surface area contributed by atoms with Gasteiger partial charge in [-0.3, -0.25) is 9.52 Å². The van der Waals surface area contributed by atoms with Crippen LogP contribution < -0.4 is 19.7 Å². The van der Waals surface area contributed by atoms with Gasteiger partial charge in [-0.05, 0) is 61.7 Å². The van der Waals surface area contributed by atoms with Crippen LogP contribution in [0.1, 0.15) is 29.6 Å². The number of amides is 1. The fourth-order valence-electron chi connectivity index (χ4n) is 3.98. The number of rotatable bonds is 7. The molecule has 1 heterocycles. The van der Waals surface area contributed by atoms with Crippen molar-refractivity contribution in [2.75, 3.05) is 35.1 Å². The smallest absolute Gasteiger partial charge is 0.264 e. The van der Waals surface area contributed by atoms with Crippen LogP contribution >= 0.6 is 0 Å². The standard InChI is InChI=1S/C25H26FN3O4S/c1-33-23-12-6-5-11-21(23)28-34(31,32)24-17-18(13-14-22(24)29-15-7-2-8-16-29)27-25(30)19-9-3-4-10-20(19)26/h3-6,9-14,17,28H,2,7-8,15-16H2,1H3,(H,27,30). The van der Waals surface area contributed by atoms with E-state index in [9.17, 15) is 17.6 Å². The fourth-order valence-corrected chi connectivity index (χ4v) is 5.30. The van der Waals surface area contributed by atoms with Gasteiger partial charge >= 0.3 is 0 Å². The highest BCUT2D eigenvalue weighted by molar-refractivity contribution is 7.93. The van der Waals surface area contributed by atoms with Crippen LogP contribution in [0, 0.1) is 5.82 Å². The summed E-state index contributed by atoms with van der Waals surface area (Å²) in [6.45, 7) is 1.47. The molecule has 4 rings (SSSR count). The van der Waals surface area contributed by atoms with Crippen LogP contribution in [0.2, 0.25) is 0 Å². The van der Waals surface area contributed by atoms with Crippen LogP contribution in [0.3, 0.4) is 0 Å². The first-order chi connectivity index (χ1) is 16.4. The predicted molar refractivity (Wildman–Crippen MR) is 131 cm³/mol. The Morgan fingerprint density at radius 2 is 1.68 bits per heavy atom. The molecule has 2 N–H and O–H groups in total. The molecular formula is C25H26FN3O4S. The Labute approximate surface area is 198 Å². The number of nitrogens with one attached hydrogen (secondary N) is 2. The number of benzene rings is 3. The van der Waals surface area contributed by atoms with Crippen molar-refractivity contribution in [3.05, 3.63) is 78.1 Å². The third-order valence-electron chi connectivity index (χ3n) is 5.67. The predicted octanol–water partition coefficient (Wildman–Crippen LogP) is 4.88. The molecule has 0 aromatic heterocycles. The molecule has 1 fully saturated rings. The van der Waals surface area contributed by atoms with E-state index in [1.54, 1.807) is 42.5 Å². The Kier molecular flexibility index (Phi) is 7.02.